The summed E-state index contributed by atoms with van der Waals surface area (Å²) < 4.78 is 28.2. The van der Waals surface area contributed by atoms with Gasteiger partial charge in [-0.2, -0.15) is 0 Å². The minimum atomic E-state index is -1.95. The summed E-state index contributed by atoms with van der Waals surface area (Å²) >= 11 is 0. The average molecular weight is 1070 g/mol. The van der Waals surface area contributed by atoms with E-state index in [-0.39, 0.29) is 25.9 Å². The van der Waals surface area contributed by atoms with Crippen LogP contribution in [0.25, 0.3) is 0 Å². The quantitative estimate of drug-likeness (QED) is 0.0228. The van der Waals surface area contributed by atoms with Crippen molar-refractivity contribution in [2.24, 2.45) is 0 Å². The number of carbonyl (C=O) groups is 4. The molecule has 0 bridgehead atoms. The topological polar surface area (TPSA) is 175 Å². The fourth-order valence-corrected chi connectivity index (χ4v) is 7.36. The van der Waals surface area contributed by atoms with Gasteiger partial charge in [0, 0.05) is 19.3 Å². The van der Waals surface area contributed by atoms with E-state index < -0.39 is 67.3 Å². The lowest BCUT2D eigenvalue weighted by molar-refractivity contribution is -0.301. The summed E-state index contributed by atoms with van der Waals surface area (Å²) in [5.41, 5.74) is 0. The van der Waals surface area contributed by atoms with Gasteiger partial charge in [-0.05, 0) is 116 Å². The van der Waals surface area contributed by atoms with Crippen LogP contribution >= 0.6 is 0 Å². The molecule has 0 spiro atoms. The van der Waals surface area contributed by atoms with Crippen molar-refractivity contribution in [3.63, 3.8) is 0 Å². The van der Waals surface area contributed by atoms with Crippen molar-refractivity contribution in [2.75, 3.05) is 13.2 Å². The summed E-state index contributed by atoms with van der Waals surface area (Å²) in [5, 5.41) is 31.4. The summed E-state index contributed by atoms with van der Waals surface area (Å²) in [6.45, 7) is 5.51. The van der Waals surface area contributed by atoms with Crippen LogP contribution in [0.1, 0.15) is 175 Å². The van der Waals surface area contributed by atoms with Crippen molar-refractivity contribution in [2.45, 2.75) is 212 Å². The Hall–Kier alpha value is -5.66. The summed E-state index contributed by atoms with van der Waals surface area (Å²) in [5.74, 6) is -3.40. The second kappa shape index (κ2) is 51.1. The lowest BCUT2D eigenvalue weighted by Gasteiger charge is -2.40. The Morgan fingerprint density at radius 2 is 0.805 bits per heavy atom. The van der Waals surface area contributed by atoms with Gasteiger partial charge in [0.05, 0.1) is 6.61 Å². The molecule has 1 rings (SSSR count). The molecule has 0 radical (unpaired) electrons. The first-order chi connectivity index (χ1) is 37.6. The third kappa shape index (κ3) is 41.2. The minimum absolute atomic E-state index is 0.0192. The standard InChI is InChI=1S/C65H96O12/c1-4-7-10-13-16-19-22-25-27-28-29-30-32-35-38-41-44-47-50-53-59(68)76-63-61(70)60(69)62(64(71)72)77-65(63)74-55-56(75-58(67)52-49-46-43-40-37-33-24-21-18-15-12-9-6-3)54-73-57(66)51-48-45-42-39-36-34-31-26-23-20-17-14-11-8-5-2/h7-12,16-21,25-27,29-31,33,35,37-38,43-44,46-47,56,60-63,65,69-70H,4-6,13-15,22-24,28,32,34,36,39-42,45,48-55H2,1-3H3,(H,71,72)/b10-7-,11-8-,12-9-,19-16-,20-17-,21-18-,27-25-,30-29-,31-26-,37-33-,38-35-,46-43-,47-44-. The minimum Gasteiger partial charge on any atom is -0.479 e. The Morgan fingerprint density at radius 3 is 1.23 bits per heavy atom. The Bertz CT molecular complexity index is 1940. The monoisotopic (exact) mass is 1070 g/mol. The van der Waals surface area contributed by atoms with Crippen LogP contribution in [-0.2, 0) is 42.9 Å². The third-order valence-electron chi connectivity index (χ3n) is 11.6. The van der Waals surface area contributed by atoms with Gasteiger partial charge in [-0.25, -0.2) is 4.79 Å². The maximum atomic E-state index is 13.1. The second-order valence-electron chi connectivity index (χ2n) is 18.4. The molecule has 0 amide bonds. The highest BCUT2D eigenvalue weighted by molar-refractivity contribution is 5.74. The van der Waals surface area contributed by atoms with E-state index in [1.54, 1.807) is 0 Å². The van der Waals surface area contributed by atoms with E-state index in [9.17, 15) is 34.5 Å². The number of aliphatic hydroxyl groups excluding tert-OH is 2. The number of hydrogen-bond donors (Lipinski definition) is 3. The number of carbonyl (C=O) groups excluding carboxylic acids is 3. The smallest absolute Gasteiger partial charge is 0.335 e. The van der Waals surface area contributed by atoms with Gasteiger partial charge in [0.15, 0.2) is 24.6 Å². The molecule has 1 saturated heterocycles. The predicted molar refractivity (Wildman–Crippen MR) is 312 cm³/mol. The fraction of sp³-hybridized carbons (Fsp3) is 0.538. The largest absolute Gasteiger partial charge is 0.479 e. The van der Waals surface area contributed by atoms with Gasteiger partial charge in [-0.3, -0.25) is 14.4 Å². The average Bonchev–Trinajstić information content (AvgIpc) is 3.42. The summed E-state index contributed by atoms with van der Waals surface area (Å²) in [7, 11) is 0. The third-order valence-corrected chi connectivity index (χ3v) is 11.6. The van der Waals surface area contributed by atoms with Crippen molar-refractivity contribution < 1.29 is 58.2 Å². The highest BCUT2D eigenvalue weighted by Gasteiger charge is 2.50. The van der Waals surface area contributed by atoms with Crippen molar-refractivity contribution in [3.05, 3.63) is 158 Å². The van der Waals surface area contributed by atoms with E-state index in [1.165, 1.54) is 0 Å². The van der Waals surface area contributed by atoms with Crippen LogP contribution in [0.5, 0.6) is 0 Å². The Balaban J connectivity index is 2.80. The summed E-state index contributed by atoms with van der Waals surface area (Å²) in [6, 6.07) is 0. The number of carboxylic acid groups (broad SMARTS) is 1. The first-order valence-corrected chi connectivity index (χ1v) is 28.5. The number of allylic oxidation sites excluding steroid dienone is 26. The number of rotatable bonds is 45. The molecule has 0 aromatic carbocycles. The highest BCUT2D eigenvalue weighted by atomic mass is 16.7. The first kappa shape index (κ1) is 69.4. The molecule has 0 aromatic rings. The van der Waals surface area contributed by atoms with E-state index in [0.717, 1.165) is 103 Å². The van der Waals surface area contributed by atoms with Crippen molar-refractivity contribution in [1.29, 1.82) is 0 Å². The molecule has 77 heavy (non-hydrogen) atoms. The molecule has 6 atom stereocenters. The van der Waals surface area contributed by atoms with E-state index in [0.29, 0.717) is 32.1 Å². The van der Waals surface area contributed by atoms with Gasteiger partial charge >= 0.3 is 23.9 Å². The highest BCUT2D eigenvalue weighted by Crippen LogP contribution is 2.26. The van der Waals surface area contributed by atoms with Gasteiger partial charge in [0.2, 0.25) is 0 Å². The van der Waals surface area contributed by atoms with Crippen LogP contribution in [0.4, 0.5) is 0 Å². The lowest BCUT2D eigenvalue weighted by Crippen LogP contribution is -2.61. The van der Waals surface area contributed by atoms with Crippen molar-refractivity contribution >= 4 is 23.9 Å². The molecule has 12 heteroatoms. The number of unbranched alkanes of at least 4 members (excludes halogenated alkanes) is 5. The Kier molecular flexibility index (Phi) is 46.0. The molecule has 0 saturated carbocycles. The molecule has 1 aliphatic heterocycles. The number of carboxylic acids is 1. The fourth-order valence-electron chi connectivity index (χ4n) is 7.36. The van der Waals surface area contributed by atoms with Gasteiger partial charge in [0.1, 0.15) is 18.8 Å². The molecule has 1 heterocycles. The number of ether oxygens (including phenoxy) is 5. The summed E-state index contributed by atoms with van der Waals surface area (Å²) in [6.07, 6.45) is 62.5. The van der Waals surface area contributed by atoms with E-state index in [2.05, 4.69) is 142 Å². The van der Waals surface area contributed by atoms with Crippen LogP contribution in [0.3, 0.4) is 0 Å². The number of hydrogen-bond acceptors (Lipinski definition) is 11. The van der Waals surface area contributed by atoms with Crippen LogP contribution in [-0.4, -0.2) is 89.2 Å². The number of esters is 3. The molecule has 428 valence electrons. The van der Waals surface area contributed by atoms with Gasteiger partial charge in [-0.15, -0.1) is 0 Å². The van der Waals surface area contributed by atoms with E-state index in [1.807, 2.05) is 36.5 Å². The number of aliphatic hydroxyl groups is 2. The molecule has 3 N–H and O–H groups in total. The zero-order valence-electron chi connectivity index (χ0n) is 46.9. The van der Waals surface area contributed by atoms with Crippen LogP contribution in [0.15, 0.2) is 158 Å². The maximum Gasteiger partial charge on any atom is 0.335 e. The SMILES string of the molecule is CC/C=C\C/C=C\C/C=C\C/C=C\C/C=C\C/C=C\CCC(=O)OC1C(OCC(COC(=O)CCCCCCC/C=C\C/C=C\C/C=C\CC)OC(=O)CC/C=C\C/C=C\C/C=C\C/C=C\CC)OC(C(=O)O)C(O)C1O. The zero-order chi connectivity index (χ0) is 56.1. The number of aliphatic carboxylic acids is 1. The van der Waals surface area contributed by atoms with Crippen LogP contribution in [0, 0.1) is 0 Å². The van der Waals surface area contributed by atoms with Crippen LogP contribution in [0.2, 0.25) is 0 Å². The van der Waals surface area contributed by atoms with Gasteiger partial charge in [-0.1, -0.05) is 198 Å². The molecule has 0 aliphatic carbocycles. The molecule has 1 fully saturated rings. The van der Waals surface area contributed by atoms with Gasteiger partial charge < -0.3 is 39.0 Å². The molecule has 12 nitrogen and oxygen atoms in total. The molecular weight excluding hydrogens is 973 g/mol. The van der Waals surface area contributed by atoms with E-state index >= 15 is 0 Å². The molecule has 0 aromatic heterocycles. The first-order valence-electron chi connectivity index (χ1n) is 28.5. The van der Waals surface area contributed by atoms with E-state index in [4.69, 9.17) is 23.7 Å². The normalized spacial score (nSPS) is 19.2. The van der Waals surface area contributed by atoms with Gasteiger partial charge in [0.25, 0.3) is 0 Å². The summed E-state index contributed by atoms with van der Waals surface area (Å²) in [4.78, 5) is 51.0. The van der Waals surface area contributed by atoms with Crippen molar-refractivity contribution in [3.8, 4) is 0 Å². The Labute approximate surface area is 463 Å². The van der Waals surface area contributed by atoms with Crippen LogP contribution < -0.4 is 0 Å². The zero-order valence-corrected chi connectivity index (χ0v) is 46.9. The predicted octanol–water partition coefficient (Wildman–Crippen LogP) is 14.6. The molecular formula is C65H96O12. The Morgan fingerprint density at radius 1 is 0.429 bits per heavy atom. The lowest BCUT2D eigenvalue weighted by atomic mass is 9.98. The van der Waals surface area contributed by atoms with Crippen molar-refractivity contribution in [1.82, 2.24) is 0 Å². The molecule has 6 unspecified atom stereocenters. The second-order valence-corrected chi connectivity index (χ2v) is 18.4. The molecule has 1 aliphatic rings. The maximum absolute atomic E-state index is 13.1.